The van der Waals surface area contributed by atoms with Gasteiger partial charge in [0.25, 0.3) is 0 Å². The van der Waals surface area contributed by atoms with Gasteiger partial charge in [0.05, 0.1) is 13.2 Å². The third kappa shape index (κ3) is 4.41. The molecule has 1 amide bonds. The molecule has 0 radical (unpaired) electrons. The minimum Gasteiger partial charge on any atom is -0.379 e. The number of hydrogen-bond donors (Lipinski definition) is 1. The van der Waals surface area contributed by atoms with Crippen LogP contribution in [0.3, 0.4) is 0 Å². The van der Waals surface area contributed by atoms with Gasteiger partial charge in [0.2, 0.25) is 5.91 Å². The molecule has 0 aromatic carbocycles. The van der Waals surface area contributed by atoms with E-state index in [1.54, 1.807) is 0 Å². The number of rotatable bonds is 5. The molecule has 1 atom stereocenters. The Morgan fingerprint density at radius 2 is 1.86 bits per heavy atom. The summed E-state index contributed by atoms with van der Waals surface area (Å²) in [5.41, 5.74) is 0. The first-order valence-corrected chi connectivity index (χ1v) is 8.85. The second-order valence-electron chi connectivity index (χ2n) is 6.63. The average Bonchev–Trinajstić information content (AvgIpc) is 3.01. The van der Waals surface area contributed by atoms with Crippen LogP contribution < -0.4 is 5.32 Å². The first kappa shape index (κ1) is 16.2. The zero-order valence-electron chi connectivity index (χ0n) is 13.6. The van der Waals surface area contributed by atoms with E-state index in [1.807, 2.05) is 4.90 Å². The zero-order chi connectivity index (χ0) is 15.2. The number of hydrogen-bond acceptors (Lipinski definition) is 5. The Morgan fingerprint density at radius 3 is 2.64 bits per heavy atom. The van der Waals surface area contributed by atoms with Gasteiger partial charge in [0.1, 0.15) is 0 Å². The van der Waals surface area contributed by atoms with E-state index in [1.165, 1.54) is 12.8 Å². The maximum Gasteiger partial charge on any atom is 0.223 e. The van der Waals surface area contributed by atoms with E-state index in [-0.39, 0.29) is 0 Å². The predicted octanol–water partition coefficient (Wildman–Crippen LogP) is -0.395. The van der Waals surface area contributed by atoms with Crippen molar-refractivity contribution in [1.29, 1.82) is 0 Å². The van der Waals surface area contributed by atoms with Crippen LogP contribution in [-0.4, -0.2) is 98.8 Å². The van der Waals surface area contributed by atoms with Crippen molar-refractivity contribution in [2.75, 3.05) is 72.1 Å². The van der Waals surface area contributed by atoms with Crippen molar-refractivity contribution in [3.63, 3.8) is 0 Å². The van der Waals surface area contributed by atoms with Crippen LogP contribution in [0.5, 0.6) is 0 Å². The standard InChI is InChI=1S/C16H30N4O2/c21-16(20-8-4-17-5-9-20)3-7-19-6-1-2-15(19)14-18-10-12-22-13-11-18/h15,17H,1-14H2. The fourth-order valence-electron chi connectivity index (χ4n) is 3.79. The highest BCUT2D eigenvalue weighted by Gasteiger charge is 2.28. The van der Waals surface area contributed by atoms with Crippen LogP contribution in [0.2, 0.25) is 0 Å². The van der Waals surface area contributed by atoms with Crippen molar-refractivity contribution in [2.45, 2.75) is 25.3 Å². The van der Waals surface area contributed by atoms with Gasteiger partial charge in [-0.1, -0.05) is 0 Å². The van der Waals surface area contributed by atoms with Gasteiger partial charge in [0, 0.05) is 64.8 Å². The summed E-state index contributed by atoms with van der Waals surface area (Å²) in [4.78, 5) is 19.4. The van der Waals surface area contributed by atoms with Crippen LogP contribution in [0.15, 0.2) is 0 Å². The van der Waals surface area contributed by atoms with Crippen LogP contribution in [0.4, 0.5) is 0 Å². The molecule has 3 fully saturated rings. The van der Waals surface area contributed by atoms with Crippen LogP contribution >= 0.6 is 0 Å². The lowest BCUT2D eigenvalue weighted by molar-refractivity contribution is -0.132. The summed E-state index contributed by atoms with van der Waals surface area (Å²) < 4.78 is 5.43. The highest BCUT2D eigenvalue weighted by atomic mass is 16.5. The maximum atomic E-state index is 12.3. The van der Waals surface area contributed by atoms with Crippen LogP contribution in [-0.2, 0) is 9.53 Å². The minimum atomic E-state index is 0.332. The summed E-state index contributed by atoms with van der Waals surface area (Å²) in [7, 11) is 0. The van der Waals surface area contributed by atoms with E-state index in [2.05, 4.69) is 15.1 Å². The molecule has 0 aromatic heterocycles. The highest BCUT2D eigenvalue weighted by Crippen LogP contribution is 2.19. The summed E-state index contributed by atoms with van der Waals surface area (Å²) in [6.07, 6.45) is 3.23. The Balaban J connectivity index is 1.41. The molecule has 0 aliphatic carbocycles. The van der Waals surface area contributed by atoms with Gasteiger partial charge in [-0.15, -0.1) is 0 Å². The van der Waals surface area contributed by atoms with E-state index >= 15 is 0 Å². The van der Waals surface area contributed by atoms with E-state index in [0.717, 1.165) is 72.1 Å². The molecule has 0 saturated carbocycles. The number of carbonyl (C=O) groups is 1. The first-order valence-electron chi connectivity index (χ1n) is 8.85. The molecule has 3 aliphatic heterocycles. The van der Waals surface area contributed by atoms with Crippen molar-refractivity contribution < 1.29 is 9.53 Å². The number of likely N-dealkylation sites (tertiary alicyclic amines) is 1. The summed E-state index contributed by atoms with van der Waals surface area (Å²) in [5, 5.41) is 3.30. The number of nitrogens with zero attached hydrogens (tertiary/aromatic N) is 3. The molecule has 6 nitrogen and oxygen atoms in total. The summed E-state index contributed by atoms with van der Waals surface area (Å²) in [6, 6.07) is 0.633. The van der Waals surface area contributed by atoms with Crippen LogP contribution in [0.25, 0.3) is 0 Å². The molecule has 0 aromatic rings. The fourth-order valence-corrected chi connectivity index (χ4v) is 3.79. The van der Waals surface area contributed by atoms with Gasteiger partial charge in [-0.25, -0.2) is 0 Å². The summed E-state index contributed by atoms with van der Waals surface area (Å²) in [5.74, 6) is 0.332. The number of amides is 1. The molecule has 6 heteroatoms. The topological polar surface area (TPSA) is 48.1 Å². The van der Waals surface area contributed by atoms with Gasteiger partial charge in [0.15, 0.2) is 0 Å². The Kier molecular flexibility index (Phi) is 6.06. The molecular weight excluding hydrogens is 280 g/mol. The highest BCUT2D eigenvalue weighted by molar-refractivity contribution is 5.76. The SMILES string of the molecule is O=C(CCN1CCCC1CN1CCOCC1)N1CCNCC1. The molecule has 3 aliphatic rings. The maximum absolute atomic E-state index is 12.3. The normalized spacial score (nSPS) is 28.2. The van der Waals surface area contributed by atoms with Gasteiger partial charge in [-0.2, -0.15) is 0 Å². The third-order valence-corrected chi connectivity index (χ3v) is 5.15. The molecule has 3 rings (SSSR count). The van der Waals surface area contributed by atoms with Gasteiger partial charge >= 0.3 is 0 Å². The summed E-state index contributed by atoms with van der Waals surface area (Å²) >= 11 is 0. The average molecular weight is 310 g/mol. The van der Waals surface area contributed by atoms with E-state index in [4.69, 9.17) is 4.74 Å². The van der Waals surface area contributed by atoms with E-state index in [9.17, 15) is 4.79 Å². The molecule has 3 saturated heterocycles. The van der Waals surface area contributed by atoms with Gasteiger partial charge in [-0.3, -0.25) is 14.6 Å². The lowest BCUT2D eigenvalue weighted by atomic mass is 10.2. The largest absolute Gasteiger partial charge is 0.379 e. The van der Waals surface area contributed by atoms with Gasteiger partial charge < -0.3 is 15.0 Å². The quantitative estimate of drug-likeness (QED) is 0.749. The Hall–Kier alpha value is -0.690. The van der Waals surface area contributed by atoms with Crippen LogP contribution in [0.1, 0.15) is 19.3 Å². The number of nitrogens with one attached hydrogen (secondary N) is 1. The number of piperazine rings is 1. The van der Waals surface area contributed by atoms with Crippen molar-refractivity contribution in [1.82, 2.24) is 20.0 Å². The molecule has 126 valence electrons. The van der Waals surface area contributed by atoms with Crippen molar-refractivity contribution in [3.05, 3.63) is 0 Å². The molecule has 3 heterocycles. The Bertz CT molecular complexity index is 354. The van der Waals surface area contributed by atoms with Crippen molar-refractivity contribution in [2.24, 2.45) is 0 Å². The number of morpholine rings is 1. The van der Waals surface area contributed by atoms with E-state index in [0.29, 0.717) is 18.4 Å². The lowest BCUT2D eigenvalue weighted by Crippen LogP contribution is -2.48. The lowest BCUT2D eigenvalue weighted by Gasteiger charge is -2.33. The zero-order valence-corrected chi connectivity index (χ0v) is 13.6. The molecule has 22 heavy (non-hydrogen) atoms. The minimum absolute atomic E-state index is 0.332. The molecular formula is C16H30N4O2. The Labute approximate surface area is 133 Å². The van der Waals surface area contributed by atoms with Crippen molar-refractivity contribution >= 4 is 5.91 Å². The Morgan fingerprint density at radius 1 is 1.09 bits per heavy atom. The molecule has 1 N–H and O–H groups in total. The monoisotopic (exact) mass is 310 g/mol. The number of carbonyl (C=O) groups excluding carboxylic acids is 1. The summed E-state index contributed by atoms with van der Waals surface area (Å²) in [6.45, 7) is 10.7. The number of ether oxygens (including phenoxy) is 1. The molecule has 0 bridgehead atoms. The van der Waals surface area contributed by atoms with Crippen LogP contribution in [0, 0.1) is 0 Å². The van der Waals surface area contributed by atoms with E-state index < -0.39 is 0 Å². The second kappa shape index (κ2) is 8.24. The predicted molar refractivity (Wildman–Crippen MR) is 85.9 cm³/mol. The molecule has 0 spiro atoms. The third-order valence-electron chi connectivity index (χ3n) is 5.15. The smallest absolute Gasteiger partial charge is 0.223 e. The molecule has 1 unspecified atom stereocenters. The fraction of sp³-hybridized carbons (Fsp3) is 0.938. The van der Waals surface area contributed by atoms with Gasteiger partial charge in [-0.05, 0) is 19.4 Å². The second-order valence-corrected chi connectivity index (χ2v) is 6.63. The van der Waals surface area contributed by atoms with Crippen molar-refractivity contribution in [3.8, 4) is 0 Å². The first-order chi connectivity index (χ1) is 10.8.